The van der Waals surface area contributed by atoms with Crippen molar-refractivity contribution in [2.24, 2.45) is 5.92 Å². The van der Waals surface area contributed by atoms with Crippen molar-refractivity contribution in [2.75, 3.05) is 13.1 Å². The predicted molar refractivity (Wildman–Crippen MR) is 48.9 cm³/mol. The van der Waals surface area contributed by atoms with Crippen LogP contribution in [0.5, 0.6) is 0 Å². The van der Waals surface area contributed by atoms with Crippen LogP contribution in [0.2, 0.25) is 0 Å². The van der Waals surface area contributed by atoms with E-state index < -0.39 is 24.7 Å². The van der Waals surface area contributed by atoms with E-state index in [1.807, 2.05) is 6.92 Å². The van der Waals surface area contributed by atoms with Gasteiger partial charge in [0.2, 0.25) is 0 Å². The van der Waals surface area contributed by atoms with Gasteiger partial charge in [0.25, 0.3) is 0 Å². The summed E-state index contributed by atoms with van der Waals surface area (Å²) in [6.07, 6.45) is -3.85. The molecule has 0 rings (SSSR count). The molecule has 0 aliphatic heterocycles. The molecule has 0 aromatic heterocycles. The Hall–Kier alpha value is -0.800. The van der Waals surface area contributed by atoms with Crippen molar-refractivity contribution in [1.29, 1.82) is 5.26 Å². The van der Waals surface area contributed by atoms with Gasteiger partial charge in [-0.1, -0.05) is 13.3 Å². The van der Waals surface area contributed by atoms with Crippen molar-refractivity contribution >= 4 is 0 Å². The summed E-state index contributed by atoms with van der Waals surface area (Å²) in [5.41, 5.74) is 0. The minimum absolute atomic E-state index is 0.0854. The lowest BCUT2D eigenvalue weighted by atomic mass is 10.1. The van der Waals surface area contributed by atoms with Crippen molar-refractivity contribution < 1.29 is 18.3 Å². The molecule has 0 aromatic rings. The largest absolute Gasteiger partial charge is 0.405 e. The van der Waals surface area contributed by atoms with Crippen LogP contribution in [0.1, 0.15) is 19.8 Å². The summed E-state index contributed by atoms with van der Waals surface area (Å²) in [4.78, 5) is 0. The second kappa shape index (κ2) is 6.64. The first-order valence-electron chi connectivity index (χ1n) is 4.77. The average molecular weight is 224 g/mol. The Morgan fingerprint density at radius 3 is 2.40 bits per heavy atom. The molecule has 0 amide bonds. The molecule has 2 unspecified atom stereocenters. The fraction of sp³-hybridized carbons (Fsp3) is 0.889. The molecule has 0 aliphatic carbocycles. The van der Waals surface area contributed by atoms with Crippen molar-refractivity contribution in [3.63, 3.8) is 0 Å². The normalized spacial score (nSPS) is 15.7. The quantitative estimate of drug-likeness (QED) is 0.717. The summed E-state index contributed by atoms with van der Waals surface area (Å²) in [6.45, 7) is 1.49. The third-order valence-corrected chi connectivity index (χ3v) is 1.90. The summed E-state index contributed by atoms with van der Waals surface area (Å²) >= 11 is 0. The molecular weight excluding hydrogens is 209 g/mol. The number of nitrogens with one attached hydrogen (secondary N) is 1. The van der Waals surface area contributed by atoms with Crippen molar-refractivity contribution in [3.8, 4) is 6.07 Å². The lowest BCUT2D eigenvalue weighted by molar-refractivity contribution is -0.157. The number of alkyl halides is 3. The van der Waals surface area contributed by atoms with Gasteiger partial charge in [-0.15, -0.1) is 0 Å². The van der Waals surface area contributed by atoms with E-state index in [0.29, 0.717) is 6.42 Å². The molecule has 0 radical (unpaired) electrons. The van der Waals surface area contributed by atoms with Crippen LogP contribution in [-0.4, -0.2) is 30.5 Å². The molecule has 15 heavy (non-hydrogen) atoms. The number of rotatable bonds is 6. The lowest BCUT2D eigenvalue weighted by Crippen LogP contribution is -2.36. The molecular formula is C9H15F3N2O. The smallest absolute Gasteiger partial charge is 0.392 e. The minimum atomic E-state index is -4.50. The van der Waals surface area contributed by atoms with Crippen molar-refractivity contribution in [2.45, 2.75) is 32.0 Å². The van der Waals surface area contributed by atoms with Gasteiger partial charge in [-0.05, 0) is 6.42 Å². The molecule has 2 atom stereocenters. The summed E-state index contributed by atoms with van der Waals surface area (Å²) in [5, 5.41) is 19.9. The number of hydrogen-bond donors (Lipinski definition) is 2. The van der Waals surface area contributed by atoms with Gasteiger partial charge in [0.05, 0.1) is 12.2 Å². The zero-order valence-corrected chi connectivity index (χ0v) is 8.51. The predicted octanol–water partition coefficient (Wildman–Crippen LogP) is 1.44. The van der Waals surface area contributed by atoms with Crippen LogP contribution in [0.3, 0.4) is 0 Å². The first kappa shape index (κ1) is 14.2. The number of nitrogens with zero attached hydrogens (tertiary/aromatic N) is 1. The van der Waals surface area contributed by atoms with E-state index in [-0.39, 0.29) is 6.54 Å². The maximum atomic E-state index is 12.1. The third-order valence-electron chi connectivity index (χ3n) is 1.90. The van der Waals surface area contributed by atoms with Crippen LogP contribution < -0.4 is 5.32 Å². The van der Waals surface area contributed by atoms with Gasteiger partial charge in [-0.2, -0.15) is 18.4 Å². The van der Waals surface area contributed by atoms with Gasteiger partial charge >= 0.3 is 6.18 Å². The van der Waals surface area contributed by atoms with Gasteiger partial charge in [0.15, 0.2) is 5.92 Å². The highest BCUT2D eigenvalue weighted by atomic mass is 19.4. The van der Waals surface area contributed by atoms with E-state index in [1.165, 1.54) is 6.07 Å². The zero-order chi connectivity index (χ0) is 11.9. The number of aliphatic hydroxyl groups is 1. The fourth-order valence-electron chi connectivity index (χ4n) is 1.06. The molecule has 0 bridgehead atoms. The lowest BCUT2D eigenvalue weighted by Gasteiger charge is -2.15. The molecule has 0 saturated heterocycles. The van der Waals surface area contributed by atoms with Crippen molar-refractivity contribution in [3.05, 3.63) is 0 Å². The highest BCUT2D eigenvalue weighted by Gasteiger charge is 2.39. The SMILES string of the molecule is CCCC(O)CNCC(C#N)C(F)(F)F. The van der Waals surface area contributed by atoms with Crippen LogP contribution in [0.25, 0.3) is 0 Å². The van der Waals surface area contributed by atoms with E-state index in [1.54, 1.807) is 0 Å². The molecule has 0 fully saturated rings. The highest BCUT2D eigenvalue weighted by molar-refractivity contribution is 4.89. The number of hydrogen-bond acceptors (Lipinski definition) is 3. The number of nitriles is 1. The van der Waals surface area contributed by atoms with E-state index >= 15 is 0 Å². The van der Waals surface area contributed by atoms with E-state index in [4.69, 9.17) is 5.26 Å². The first-order valence-corrected chi connectivity index (χ1v) is 4.77. The summed E-state index contributed by atoms with van der Waals surface area (Å²) < 4.78 is 36.2. The first-order chi connectivity index (χ1) is 6.91. The molecule has 0 heterocycles. The van der Waals surface area contributed by atoms with Crippen LogP contribution in [0, 0.1) is 17.2 Å². The standard InChI is InChI=1S/C9H15F3N2O/c1-2-3-8(15)6-14-5-7(4-13)9(10,11)12/h7-8,14-15H,2-3,5-6H2,1H3. The molecule has 0 aliphatic rings. The Morgan fingerprint density at radius 1 is 1.40 bits per heavy atom. The summed E-state index contributed by atoms with van der Waals surface area (Å²) in [5.74, 6) is -2.01. The fourth-order valence-corrected chi connectivity index (χ4v) is 1.06. The Morgan fingerprint density at radius 2 is 2.00 bits per heavy atom. The molecule has 3 nitrogen and oxygen atoms in total. The Kier molecular flexibility index (Phi) is 6.29. The highest BCUT2D eigenvalue weighted by Crippen LogP contribution is 2.24. The Bertz CT molecular complexity index is 212. The topological polar surface area (TPSA) is 56.0 Å². The second-order valence-corrected chi connectivity index (χ2v) is 3.32. The third kappa shape index (κ3) is 6.31. The Balaban J connectivity index is 3.80. The average Bonchev–Trinajstić information content (AvgIpc) is 2.10. The Labute approximate surface area is 86.9 Å². The number of aliphatic hydroxyl groups excluding tert-OH is 1. The van der Waals surface area contributed by atoms with Crippen LogP contribution in [0.4, 0.5) is 13.2 Å². The van der Waals surface area contributed by atoms with Gasteiger partial charge in [0.1, 0.15) is 0 Å². The summed E-state index contributed by atoms with van der Waals surface area (Å²) in [6, 6.07) is 1.18. The van der Waals surface area contributed by atoms with Crippen LogP contribution in [0.15, 0.2) is 0 Å². The molecule has 6 heteroatoms. The second-order valence-electron chi connectivity index (χ2n) is 3.32. The van der Waals surface area contributed by atoms with E-state index in [2.05, 4.69) is 5.32 Å². The van der Waals surface area contributed by atoms with Gasteiger partial charge < -0.3 is 10.4 Å². The maximum Gasteiger partial charge on any atom is 0.405 e. The van der Waals surface area contributed by atoms with E-state index in [0.717, 1.165) is 6.42 Å². The summed E-state index contributed by atoms with van der Waals surface area (Å²) in [7, 11) is 0. The molecule has 0 saturated carbocycles. The van der Waals surface area contributed by atoms with Crippen LogP contribution >= 0.6 is 0 Å². The van der Waals surface area contributed by atoms with Crippen LogP contribution in [-0.2, 0) is 0 Å². The minimum Gasteiger partial charge on any atom is -0.392 e. The van der Waals surface area contributed by atoms with Gasteiger partial charge in [-0.3, -0.25) is 0 Å². The van der Waals surface area contributed by atoms with E-state index in [9.17, 15) is 18.3 Å². The zero-order valence-electron chi connectivity index (χ0n) is 8.51. The molecule has 0 spiro atoms. The molecule has 0 aromatic carbocycles. The molecule has 88 valence electrons. The number of halogens is 3. The maximum absolute atomic E-state index is 12.1. The monoisotopic (exact) mass is 224 g/mol. The van der Waals surface area contributed by atoms with Gasteiger partial charge in [0, 0.05) is 13.1 Å². The van der Waals surface area contributed by atoms with Gasteiger partial charge in [-0.25, -0.2) is 0 Å². The van der Waals surface area contributed by atoms with Crippen molar-refractivity contribution in [1.82, 2.24) is 5.32 Å². The molecule has 2 N–H and O–H groups in total.